The van der Waals surface area contributed by atoms with Crippen LogP contribution in [0.15, 0.2) is 53.7 Å². The molecule has 0 saturated heterocycles. The number of nitrogens with zero attached hydrogens (tertiary/aromatic N) is 2. The van der Waals surface area contributed by atoms with Crippen LogP contribution in [0.2, 0.25) is 0 Å². The average Bonchev–Trinajstić information content (AvgIpc) is 2.60. The van der Waals surface area contributed by atoms with Crippen molar-refractivity contribution in [2.75, 3.05) is 14.1 Å². The fourth-order valence-electron chi connectivity index (χ4n) is 2.08. The van der Waals surface area contributed by atoms with Crippen LogP contribution in [0.3, 0.4) is 0 Å². The highest BCUT2D eigenvalue weighted by molar-refractivity contribution is 7.98. The van der Waals surface area contributed by atoms with E-state index in [1.165, 1.54) is 4.90 Å². The van der Waals surface area contributed by atoms with Crippen LogP contribution in [0.4, 0.5) is 0 Å². The lowest BCUT2D eigenvalue weighted by molar-refractivity contribution is -0.130. The van der Waals surface area contributed by atoms with E-state index in [2.05, 4.69) is 10.3 Å². The number of pyridine rings is 1. The van der Waals surface area contributed by atoms with Crippen LogP contribution in [-0.4, -0.2) is 41.8 Å². The Hall–Kier alpha value is -2.34. The molecule has 0 unspecified atom stereocenters. The zero-order chi connectivity index (χ0) is 17.5. The molecule has 0 radical (unpaired) electrons. The van der Waals surface area contributed by atoms with E-state index in [9.17, 15) is 9.59 Å². The van der Waals surface area contributed by atoms with Crippen molar-refractivity contribution >= 4 is 23.6 Å². The number of carbonyl (C=O) groups is 2. The molecule has 0 spiro atoms. The molecule has 0 aliphatic heterocycles. The second-order valence-electron chi connectivity index (χ2n) is 5.60. The topological polar surface area (TPSA) is 62.3 Å². The fraction of sp³-hybridized carbons (Fsp3) is 0.278. The maximum Gasteiger partial charge on any atom is 0.251 e. The van der Waals surface area contributed by atoms with Gasteiger partial charge >= 0.3 is 0 Å². The number of carbonyl (C=O) groups excluding carboxylic acids is 2. The molecular formula is C18H21N3O2S. The van der Waals surface area contributed by atoms with Gasteiger partial charge in [0.05, 0.1) is 0 Å². The summed E-state index contributed by atoms with van der Waals surface area (Å²) < 4.78 is 0. The first kappa shape index (κ1) is 18.0. The molecule has 1 aromatic heterocycles. The van der Waals surface area contributed by atoms with Crippen LogP contribution >= 0.6 is 11.8 Å². The Labute approximate surface area is 146 Å². The first-order valence-electron chi connectivity index (χ1n) is 7.61. The first-order chi connectivity index (χ1) is 11.5. The summed E-state index contributed by atoms with van der Waals surface area (Å²) in [5.74, 6) is 0.446. The lowest BCUT2D eigenvalue weighted by atomic mass is 10.2. The number of amides is 2. The van der Waals surface area contributed by atoms with Crippen LogP contribution in [0.25, 0.3) is 0 Å². The molecule has 1 atom stereocenters. The lowest BCUT2D eigenvalue weighted by Gasteiger charge is -2.18. The van der Waals surface area contributed by atoms with Gasteiger partial charge in [0.2, 0.25) is 5.91 Å². The smallest absolute Gasteiger partial charge is 0.251 e. The molecule has 1 aromatic carbocycles. The number of likely N-dealkylation sites (N-methyl/N-ethyl adjacent to an activating group) is 1. The third-order valence-electron chi connectivity index (χ3n) is 3.40. The van der Waals surface area contributed by atoms with Crippen LogP contribution in [-0.2, 0) is 10.5 Å². The van der Waals surface area contributed by atoms with Gasteiger partial charge in [-0.15, -0.1) is 11.8 Å². The van der Waals surface area contributed by atoms with Gasteiger partial charge in [0, 0.05) is 42.7 Å². The number of hydrogen-bond donors (Lipinski definition) is 1. The molecule has 126 valence electrons. The van der Waals surface area contributed by atoms with Crippen LogP contribution in [0, 0.1) is 0 Å². The lowest BCUT2D eigenvalue weighted by Crippen LogP contribution is -2.44. The summed E-state index contributed by atoms with van der Waals surface area (Å²) in [5.41, 5.74) is 1.69. The molecule has 5 nitrogen and oxygen atoms in total. The number of hydrogen-bond acceptors (Lipinski definition) is 4. The Bertz CT molecular complexity index is 687. The van der Waals surface area contributed by atoms with Crippen molar-refractivity contribution < 1.29 is 9.59 Å². The zero-order valence-electron chi connectivity index (χ0n) is 14.0. The van der Waals surface area contributed by atoms with Gasteiger partial charge in [-0.3, -0.25) is 14.6 Å². The number of rotatable bonds is 6. The summed E-state index contributed by atoms with van der Waals surface area (Å²) >= 11 is 1.68. The molecule has 6 heteroatoms. The summed E-state index contributed by atoms with van der Waals surface area (Å²) in [6.07, 6.45) is 3.60. The van der Waals surface area contributed by atoms with Crippen molar-refractivity contribution in [2.24, 2.45) is 0 Å². The quantitative estimate of drug-likeness (QED) is 0.819. The van der Waals surface area contributed by atoms with Gasteiger partial charge < -0.3 is 10.2 Å². The van der Waals surface area contributed by atoms with E-state index in [0.29, 0.717) is 5.56 Å². The summed E-state index contributed by atoms with van der Waals surface area (Å²) in [4.78, 5) is 30.6. The van der Waals surface area contributed by atoms with E-state index < -0.39 is 6.04 Å². The van der Waals surface area contributed by atoms with E-state index in [1.54, 1.807) is 51.1 Å². The minimum atomic E-state index is -0.549. The second-order valence-corrected chi connectivity index (χ2v) is 6.65. The van der Waals surface area contributed by atoms with Gasteiger partial charge in [0.15, 0.2) is 0 Å². The van der Waals surface area contributed by atoms with Crippen molar-refractivity contribution in [2.45, 2.75) is 23.6 Å². The van der Waals surface area contributed by atoms with Gasteiger partial charge in [-0.1, -0.05) is 6.07 Å². The van der Waals surface area contributed by atoms with Crippen LogP contribution in [0.5, 0.6) is 0 Å². The second kappa shape index (κ2) is 8.49. The first-order valence-corrected chi connectivity index (χ1v) is 8.59. The summed E-state index contributed by atoms with van der Waals surface area (Å²) in [7, 11) is 3.33. The maximum absolute atomic E-state index is 12.2. The minimum Gasteiger partial charge on any atom is -0.347 e. The SMILES string of the molecule is C[C@@H](NC(=O)c1ccc(SCc2cccnc2)cc1)C(=O)N(C)C. The van der Waals surface area contributed by atoms with E-state index in [1.807, 2.05) is 30.5 Å². The predicted molar refractivity (Wildman–Crippen MR) is 95.9 cm³/mol. The van der Waals surface area contributed by atoms with Gasteiger partial charge in [-0.25, -0.2) is 0 Å². The number of nitrogens with one attached hydrogen (secondary N) is 1. The molecular weight excluding hydrogens is 322 g/mol. The summed E-state index contributed by atoms with van der Waals surface area (Å²) in [6, 6.07) is 10.8. The Morgan fingerprint density at radius 3 is 2.50 bits per heavy atom. The summed E-state index contributed by atoms with van der Waals surface area (Å²) in [5, 5.41) is 2.71. The van der Waals surface area contributed by atoms with Gasteiger partial charge in [-0.05, 0) is 42.8 Å². The van der Waals surface area contributed by atoms with E-state index >= 15 is 0 Å². The van der Waals surface area contributed by atoms with Crippen molar-refractivity contribution in [1.82, 2.24) is 15.2 Å². The Morgan fingerprint density at radius 2 is 1.92 bits per heavy atom. The molecule has 1 heterocycles. The maximum atomic E-state index is 12.2. The highest BCUT2D eigenvalue weighted by Gasteiger charge is 2.17. The molecule has 1 N–H and O–H groups in total. The largest absolute Gasteiger partial charge is 0.347 e. The van der Waals surface area contributed by atoms with Crippen molar-refractivity contribution in [3.63, 3.8) is 0 Å². The Balaban J connectivity index is 1.91. The summed E-state index contributed by atoms with van der Waals surface area (Å²) in [6.45, 7) is 1.68. The third kappa shape index (κ3) is 5.09. The third-order valence-corrected chi connectivity index (χ3v) is 4.49. The zero-order valence-corrected chi connectivity index (χ0v) is 14.8. The van der Waals surface area contributed by atoms with E-state index in [0.717, 1.165) is 16.2 Å². The average molecular weight is 343 g/mol. The van der Waals surface area contributed by atoms with Crippen molar-refractivity contribution in [3.05, 3.63) is 59.9 Å². The molecule has 0 aliphatic carbocycles. The fourth-order valence-corrected chi connectivity index (χ4v) is 2.91. The van der Waals surface area contributed by atoms with Crippen LogP contribution < -0.4 is 5.32 Å². The van der Waals surface area contributed by atoms with Crippen molar-refractivity contribution in [1.29, 1.82) is 0 Å². The standard InChI is InChI=1S/C18H21N3O2S/c1-13(18(23)21(2)3)20-17(22)15-6-8-16(9-7-15)24-12-14-5-4-10-19-11-14/h4-11,13H,12H2,1-3H3,(H,20,22)/t13-/m1/s1. The normalized spacial score (nSPS) is 11.6. The minimum absolute atomic E-state index is 0.132. The Kier molecular flexibility index (Phi) is 6.37. The molecule has 0 aliphatic rings. The Morgan fingerprint density at radius 1 is 1.21 bits per heavy atom. The van der Waals surface area contributed by atoms with Gasteiger partial charge in [0.1, 0.15) is 6.04 Å². The van der Waals surface area contributed by atoms with Crippen molar-refractivity contribution in [3.8, 4) is 0 Å². The number of benzene rings is 1. The predicted octanol–water partition coefficient (Wildman–Crippen LogP) is 2.58. The molecule has 0 bridgehead atoms. The molecule has 2 amide bonds. The highest BCUT2D eigenvalue weighted by Crippen LogP contribution is 2.22. The van der Waals surface area contributed by atoms with E-state index in [-0.39, 0.29) is 11.8 Å². The number of thioether (sulfide) groups is 1. The molecule has 0 saturated carbocycles. The molecule has 0 fully saturated rings. The molecule has 24 heavy (non-hydrogen) atoms. The van der Waals surface area contributed by atoms with Gasteiger partial charge in [-0.2, -0.15) is 0 Å². The number of aromatic nitrogens is 1. The molecule has 2 rings (SSSR count). The monoisotopic (exact) mass is 343 g/mol. The molecule has 2 aromatic rings. The van der Waals surface area contributed by atoms with E-state index in [4.69, 9.17) is 0 Å². The van der Waals surface area contributed by atoms with Gasteiger partial charge in [0.25, 0.3) is 5.91 Å². The van der Waals surface area contributed by atoms with Crippen LogP contribution in [0.1, 0.15) is 22.8 Å². The highest BCUT2D eigenvalue weighted by atomic mass is 32.2.